The highest BCUT2D eigenvalue weighted by Gasteiger charge is 2.31. The largest absolute Gasteiger partial charge is 0.496 e. The predicted octanol–water partition coefficient (Wildman–Crippen LogP) is 0.326. The first-order chi connectivity index (χ1) is 10.7. The lowest BCUT2D eigenvalue weighted by Gasteiger charge is -2.15. The van der Waals surface area contributed by atoms with E-state index in [1.807, 2.05) is 0 Å². The average molecular weight is 342 g/mol. The van der Waals surface area contributed by atoms with E-state index >= 15 is 0 Å². The van der Waals surface area contributed by atoms with Crippen molar-refractivity contribution in [2.75, 3.05) is 7.11 Å². The molecule has 0 saturated heterocycles. The maximum atomic E-state index is 12.4. The minimum absolute atomic E-state index is 0.0396. The maximum absolute atomic E-state index is 12.4. The average Bonchev–Trinajstić information content (AvgIpc) is 2.94. The smallest absolute Gasteiger partial charge is 0.306 e. The molecule has 1 fully saturated rings. The second-order valence-corrected chi connectivity index (χ2v) is 6.99. The number of rotatable bonds is 5. The molecule has 0 bridgehead atoms. The van der Waals surface area contributed by atoms with Crippen molar-refractivity contribution in [1.29, 1.82) is 0 Å². The predicted molar refractivity (Wildman–Crippen MR) is 80.6 cm³/mol. The highest BCUT2D eigenvalue weighted by atomic mass is 32.2. The van der Waals surface area contributed by atoms with Crippen molar-refractivity contribution in [1.82, 2.24) is 5.32 Å². The topological polar surface area (TPSA) is 136 Å². The van der Waals surface area contributed by atoms with Crippen molar-refractivity contribution >= 4 is 21.9 Å². The lowest BCUT2D eigenvalue weighted by atomic mass is 10.1. The Kier molecular flexibility index (Phi) is 4.90. The van der Waals surface area contributed by atoms with Gasteiger partial charge in [-0.05, 0) is 37.5 Å². The van der Waals surface area contributed by atoms with E-state index in [-0.39, 0.29) is 22.3 Å². The normalized spacial score (nSPS) is 21.0. The third kappa shape index (κ3) is 3.99. The molecule has 0 spiro atoms. The zero-order valence-electron chi connectivity index (χ0n) is 12.5. The van der Waals surface area contributed by atoms with Crippen molar-refractivity contribution in [2.24, 2.45) is 11.1 Å². The number of nitrogens with two attached hydrogens (primary N) is 1. The molecule has 126 valence electrons. The molecule has 0 radical (unpaired) electrons. The third-order valence-electron chi connectivity index (χ3n) is 3.86. The number of carbonyl (C=O) groups is 2. The van der Waals surface area contributed by atoms with Crippen LogP contribution in [0.5, 0.6) is 5.75 Å². The lowest BCUT2D eigenvalue weighted by molar-refractivity contribution is -0.141. The summed E-state index contributed by atoms with van der Waals surface area (Å²) in [6.45, 7) is 0. The molecule has 0 unspecified atom stereocenters. The molecule has 2 atom stereocenters. The monoisotopic (exact) mass is 342 g/mol. The Morgan fingerprint density at radius 3 is 2.57 bits per heavy atom. The van der Waals surface area contributed by atoms with Crippen LogP contribution in [0.4, 0.5) is 0 Å². The molecular weight excluding hydrogens is 324 g/mol. The number of amides is 1. The van der Waals surface area contributed by atoms with Crippen molar-refractivity contribution in [3.05, 3.63) is 23.8 Å². The fourth-order valence-electron chi connectivity index (χ4n) is 2.64. The molecule has 1 aliphatic rings. The Labute approximate surface area is 133 Å². The number of nitrogens with one attached hydrogen (secondary N) is 1. The molecule has 23 heavy (non-hydrogen) atoms. The van der Waals surface area contributed by atoms with Crippen molar-refractivity contribution < 1.29 is 27.9 Å². The fourth-order valence-corrected chi connectivity index (χ4v) is 3.18. The van der Waals surface area contributed by atoms with E-state index in [1.54, 1.807) is 0 Å². The number of aliphatic carboxylic acids is 1. The first kappa shape index (κ1) is 17.2. The van der Waals surface area contributed by atoms with E-state index < -0.39 is 27.8 Å². The summed E-state index contributed by atoms with van der Waals surface area (Å²) in [5.41, 5.74) is 0.0396. The molecule has 4 N–H and O–H groups in total. The van der Waals surface area contributed by atoms with Crippen LogP contribution >= 0.6 is 0 Å². The highest BCUT2D eigenvalue weighted by molar-refractivity contribution is 7.89. The Bertz CT molecular complexity index is 731. The Morgan fingerprint density at radius 1 is 1.35 bits per heavy atom. The van der Waals surface area contributed by atoms with E-state index in [0.29, 0.717) is 19.3 Å². The molecule has 1 aromatic carbocycles. The lowest BCUT2D eigenvalue weighted by Crippen LogP contribution is -2.33. The number of hydrogen-bond acceptors (Lipinski definition) is 5. The maximum Gasteiger partial charge on any atom is 0.306 e. The number of benzene rings is 1. The summed E-state index contributed by atoms with van der Waals surface area (Å²) in [5, 5.41) is 16.8. The SMILES string of the molecule is COc1ccc(S(N)(=O)=O)cc1C(=O)N[C@H]1CC[C@@H](C(=O)O)C1. The molecule has 0 aliphatic heterocycles. The third-order valence-corrected chi connectivity index (χ3v) is 4.77. The summed E-state index contributed by atoms with van der Waals surface area (Å²) in [6, 6.07) is 3.48. The molecule has 1 amide bonds. The fraction of sp³-hybridized carbons (Fsp3) is 0.429. The van der Waals surface area contributed by atoms with Gasteiger partial charge in [0.15, 0.2) is 0 Å². The van der Waals surface area contributed by atoms with E-state index in [2.05, 4.69) is 5.32 Å². The molecule has 1 aromatic rings. The van der Waals surface area contributed by atoms with Crippen molar-refractivity contribution in [2.45, 2.75) is 30.2 Å². The van der Waals surface area contributed by atoms with Gasteiger partial charge in [0.1, 0.15) is 5.75 Å². The van der Waals surface area contributed by atoms with Gasteiger partial charge < -0.3 is 15.2 Å². The zero-order chi connectivity index (χ0) is 17.2. The van der Waals surface area contributed by atoms with Crippen LogP contribution in [0.15, 0.2) is 23.1 Å². The Balaban J connectivity index is 2.20. The van der Waals surface area contributed by atoms with E-state index in [9.17, 15) is 18.0 Å². The first-order valence-corrected chi connectivity index (χ1v) is 8.51. The molecule has 8 nitrogen and oxygen atoms in total. The molecule has 1 saturated carbocycles. The van der Waals surface area contributed by atoms with Crippen molar-refractivity contribution in [3.8, 4) is 5.75 Å². The summed E-state index contributed by atoms with van der Waals surface area (Å²) in [5.74, 6) is -1.67. The van der Waals surface area contributed by atoms with Gasteiger partial charge in [0.25, 0.3) is 5.91 Å². The van der Waals surface area contributed by atoms with Gasteiger partial charge in [-0.1, -0.05) is 0 Å². The van der Waals surface area contributed by atoms with Gasteiger partial charge in [0.05, 0.1) is 23.5 Å². The Hall–Kier alpha value is -2.13. The second-order valence-electron chi connectivity index (χ2n) is 5.43. The van der Waals surface area contributed by atoms with Crippen LogP contribution < -0.4 is 15.2 Å². The number of sulfonamides is 1. The molecule has 9 heteroatoms. The zero-order valence-corrected chi connectivity index (χ0v) is 13.3. The number of carbonyl (C=O) groups excluding carboxylic acids is 1. The summed E-state index contributed by atoms with van der Waals surface area (Å²) >= 11 is 0. The summed E-state index contributed by atoms with van der Waals surface area (Å²) in [7, 11) is -2.58. The summed E-state index contributed by atoms with van der Waals surface area (Å²) in [6.07, 6.45) is 1.40. The second kappa shape index (κ2) is 6.55. The first-order valence-electron chi connectivity index (χ1n) is 6.97. The molecule has 0 heterocycles. The minimum atomic E-state index is -3.94. The molecule has 2 rings (SSSR count). The highest BCUT2D eigenvalue weighted by Crippen LogP contribution is 2.27. The van der Waals surface area contributed by atoms with Crippen molar-refractivity contribution in [3.63, 3.8) is 0 Å². The number of methoxy groups -OCH3 is 1. The molecular formula is C14H18N2O6S. The molecule has 0 aromatic heterocycles. The number of carboxylic acid groups (broad SMARTS) is 1. The van der Waals surface area contributed by atoms with Gasteiger partial charge in [-0.25, -0.2) is 13.6 Å². The summed E-state index contributed by atoms with van der Waals surface area (Å²) < 4.78 is 27.9. The number of hydrogen-bond donors (Lipinski definition) is 3. The van der Waals surface area contributed by atoms with Gasteiger partial charge in [-0.15, -0.1) is 0 Å². The van der Waals surface area contributed by atoms with E-state index in [1.165, 1.54) is 19.2 Å². The minimum Gasteiger partial charge on any atom is -0.496 e. The van der Waals surface area contributed by atoms with Gasteiger partial charge in [-0.3, -0.25) is 9.59 Å². The van der Waals surface area contributed by atoms with Crippen LogP contribution in [0, 0.1) is 5.92 Å². The summed E-state index contributed by atoms with van der Waals surface area (Å²) in [4.78, 5) is 23.1. The van der Waals surface area contributed by atoms with Crippen LogP contribution in [0.25, 0.3) is 0 Å². The van der Waals surface area contributed by atoms with E-state index in [0.717, 1.165) is 6.07 Å². The van der Waals surface area contributed by atoms with Gasteiger partial charge >= 0.3 is 5.97 Å². The standard InChI is InChI=1S/C14H18N2O6S/c1-22-12-5-4-10(23(15,20)21)7-11(12)13(17)16-9-3-2-8(6-9)14(18)19/h4-5,7-9H,2-3,6H2,1H3,(H,16,17)(H,18,19)(H2,15,20,21)/t8-,9+/m1/s1. The van der Waals surface area contributed by atoms with Crippen LogP contribution in [0.1, 0.15) is 29.6 Å². The van der Waals surface area contributed by atoms with Crippen LogP contribution in [-0.2, 0) is 14.8 Å². The van der Waals surface area contributed by atoms with Crippen LogP contribution in [0.3, 0.4) is 0 Å². The number of carboxylic acids is 1. The van der Waals surface area contributed by atoms with Gasteiger partial charge in [-0.2, -0.15) is 0 Å². The quantitative estimate of drug-likeness (QED) is 0.705. The number of ether oxygens (including phenoxy) is 1. The van der Waals surface area contributed by atoms with Crippen LogP contribution in [-0.4, -0.2) is 38.6 Å². The number of primary sulfonamides is 1. The Morgan fingerprint density at radius 2 is 2.04 bits per heavy atom. The molecule has 1 aliphatic carbocycles. The van der Waals surface area contributed by atoms with Crippen LogP contribution in [0.2, 0.25) is 0 Å². The van der Waals surface area contributed by atoms with E-state index in [4.69, 9.17) is 15.0 Å². The van der Waals surface area contributed by atoms with Gasteiger partial charge in [0, 0.05) is 6.04 Å². The van der Waals surface area contributed by atoms with Gasteiger partial charge in [0.2, 0.25) is 10.0 Å².